The molecule has 0 atom stereocenters. The zero-order chi connectivity index (χ0) is 24.4. The summed E-state index contributed by atoms with van der Waals surface area (Å²) < 4.78 is 28.9. The van der Waals surface area contributed by atoms with E-state index in [1.165, 1.54) is 12.1 Å². The number of hydrogen-bond donors (Lipinski definition) is 1. The molecule has 2 heterocycles. The maximum atomic E-state index is 13.6. The molecule has 1 N–H and O–H groups in total. The van der Waals surface area contributed by atoms with Gasteiger partial charge in [-0.2, -0.15) is 0 Å². The van der Waals surface area contributed by atoms with Crippen LogP contribution in [0, 0.1) is 6.92 Å². The number of fused-ring (bicyclic) bond motifs is 1. The first-order chi connectivity index (χ1) is 16.9. The number of benzene rings is 3. The molecule has 0 aliphatic rings. The highest BCUT2D eigenvalue weighted by Gasteiger charge is 2.24. The normalized spacial score (nSPS) is 11.5. The molecule has 0 amide bonds. The molecule has 6 nitrogen and oxygen atoms in total. The van der Waals surface area contributed by atoms with Crippen molar-refractivity contribution in [3.63, 3.8) is 0 Å². The van der Waals surface area contributed by atoms with Crippen LogP contribution in [-0.2, 0) is 15.6 Å². The summed E-state index contributed by atoms with van der Waals surface area (Å²) >= 11 is 0. The van der Waals surface area contributed by atoms with Gasteiger partial charge in [0.2, 0.25) is 0 Å². The van der Waals surface area contributed by atoms with E-state index in [1.54, 1.807) is 35.8 Å². The fourth-order valence-electron chi connectivity index (χ4n) is 4.11. The Morgan fingerprint density at radius 2 is 1.43 bits per heavy atom. The fraction of sp³-hybridized carbons (Fsp3) is 0.0714. The van der Waals surface area contributed by atoms with Gasteiger partial charge in [-0.15, -0.1) is 0 Å². The summed E-state index contributed by atoms with van der Waals surface area (Å²) in [4.78, 5) is 18.1. The predicted octanol–water partition coefficient (Wildman–Crippen LogP) is 5.41. The summed E-state index contributed by atoms with van der Waals surface area (Å²) in [6, 6.07) is 30.8. The number of hydrogen-bond acceptors (Lipinski definition) is 5. The first-order valence-electron chi connectivity index (χ1n) is 11.1. The van der Waals surface area contributed by atoms with Crippen molar-refractivity contribution >= 4 is 32.4 Å². The van der Waals surface area contributed by atoms with Crippen molar-refractivity contribution < 1.29 is 8.42 Å². The molecule has 0 bridgehead atoms. The van der Waals surface area contributed by atoms with Crippen LogP contribution in [0.25, 0.3) is 16.7 Å². The van der Waals surface area contributed by atoms with Crippen molar-refractivity contribution in [1.82, 2.24) is 9.55 Å². The van der Waals surface area contributed by atoms with Crippen LogP contribution in [0.15, 0.2) is 113 Å². The molecule has 0 spiro atoms. The van der Waals surface area contributed by atoms with Crippen molar-refractivity contribution in [3.8, 4) is 5.69 Å². The molecular weight excluding hydrogens is 458 g/mol. The van der Waals surface area contributed by atoms with Crippen molar-refractivity contribution in [3.05, 3.63) is 125 Å². The molecule has 3 aromatic carbocycles. The maximum absolute atomic E-state index is 13.6. The highest BCUT2D eigenvalue weighted by atomic mass is 32.2. The number of rotatable bonds is 6. The average molecular weight is 482 g/mol. The third kappa shape index (κ3) is 4.58. The Hall–Kier alpha value is -4.23. The second-order valence-electron chi connectivity index (χ2n) is 8.26. The van der Waals surface area contributed by atoms with Crippen molar-refractivity contribution in [2.24, 2.45) is 0 Å². The van der Waals surface area contributed by atoms with Crippen LogP contribution in [0.2, 0.25) is 0 Å². The van der Waals surface area contributed by atoms with Crippen LogP contribution >= 0.6 is 0 Å². The van der Waals surface area contributed by atoms with E-state index in [9.17, 15) is 13.2 Å². The standard InChI is InChI=1S/C28H23N3O3S/c1-20-17-25(35(33,34)19-21-11-5-2-6-12-21)27-24(32)18-26(30-22-13-7-3-8-14-22)31(28(27)29-20)23-15-9-4-10-16-23/h2-18,30H,19H2,1H3. The van der Waals surface area contributed by atoms with Gasteiger partial charge in [-0.1, -0.05) is 66.7 Å². The van der Waals surface area contributed by atoms with Gasteiger partial charge in [-0.25, -0.2) is 13.4 Å². The molecule has 0 fully saturated rings. The van der Waals surface area contributed by atoms with E-state index in [0.29, 0.717) is 17.1 Å². The van der Waals surface area contributed by atoms with Crippen molar-refractivity contribution in [1.29, 1.82) is 0 Å². The van der Waals surface area contributed by atoms with Crippen LogP contribution < -0.4 is 10.7 Å². The lowest BCUT2D eigenvalue weighted by molar-refractivity contribution is 0.596. The topological polar surface area (TPSA) is 81.1 Å². The van der Waals surface area contributed by atoms with E-state index in [0.717, 1.165) is 11.4 Å². The average Bonchev–Trinajstić information content (AvgIpc) is 2.85. The summed E-state index contributed by atoms with van der Waals surface area (Å²) in [7, 11) is -3.83. The quantitative estimate of drug-likeness (QED) is 0.351. The highest BCUT2D eigenvalue weighted by molar-refractivity contribution is 7.90. The number of nitrogens with zero attached hydrogens (tertiary/aromatic N) is 2. The minimum Gasteiger partial charge on any atom is -0.341 e. The van der Waals surface area contributed by atoms with Gasteiger partial charge in [-0.05, 0) is 42.8 Å². The van der Waals surface area contributed by atoms with E-state index in [4.69, 9.17) is 0 Å². The van der Waals surface area contributed by atoms with Crippen LogP contribution in [0.1, 0.15) is 11.3 Å². The summed E-state index contributed by atoms with van der Waals surface area (Å²) in [6.45, 7) is 1.73. The Balaban J connectivity index is 1.79. The molecular formula is C28H23N3O3S. The molecule has 2 aromatic heterocycles. The van der Waals surface area contributed by atoms with Crippen LogP contribution in [0.3, 0.4) is 0 Å². The highest BCUT2D eigenvalue weighted by Crippen LogP contribution is 2.29. The van der Waals surface area contributed by atoms with Crippen LogP contribution in [-0.4, -0.2) is 18.0 Å². The molecule has 7 heteroatoms. The van der Waals surface area contributed by atoms with Gasteiger partial charge in [0, 0.05) is 23.1 Å². The summed E-state index contributed by atoms with van der Waals surface area (Å²) in [5.41, 5.74) is 2.57. The molecule has 0 saturated heterocycles. The Bertz CT molecular complexity index is 1670. The lowest BCUT2D eigenvalue weighted by Gasteiger charge is -2.19. The molecule has 0 aliphatic heterocycles. The zero-order valence-corrected chi connectivity index (χ0v) is 19.9. The summed E-state index contributed by atoms with van der Waals surface area (Å²) in [5, 5.41) is 3.37. The van der Waals surface area contributed by atoms with E-state index in [-0.39, 0.29) is 21.7 Å². The lowest BCUT2D eigenvalue weighted by Crippen LogP contribution is -2.18. The number of pyridine rings is 2. The molecule has 5 aromatic rings. The minimum atomic E-state index is -3.83. The maximum Gasteiger partial charge on any atom is 0.194 e. The molecule has 0 unspecified atom stereocenters. The molecule has 174 valence electrons. The lowest BCUT2D eigenvalue weighted by atomic mass is 10.2. The van der Waals surface area contributed by atoms with Crippen molar-refractivity contribution in [2.75, 3.05) is 5.32 Å². The van der Waals surface area contributed by atoms with Gasteiger partial charge in [-0.3, -0.25) is 9.36 Å². The second-order valence-corrected chi connectivity index (χ2v) is 10.2. The van der Waals surface area contributed by atoms with Gasteiger partial charge in [0.05, 0.1) is 16.0 Å². The minimum absolute atomic E-state index is 0.00945. The third-order valence-corrected chi connectivity index (χ3v) is 7.36. The second kappa shape index (κ2) is 9.19. The van der Waals surface area contributed by atoms with Gasteiger partial charge >= 0.3 is 0 Å². The molecule has 5 rings (SSSR count). The monoisotopic (exact) mass is 481 g/mol. The number of para-hydroxylation sites is 2. The SMILES string of the molecule is Cc1cc(S(=O)(=O)Cc2ccccc2)c2c(=O)cc(Nc3ccccc3)n(-c3ccccc3)c2n1. The summed E-state index contributed by atoms with van der Waals surface area (Å²) in [6.07, 6.45) is 0. The molecule has 0 saturated carbocycles. The van der Waals surface area contributed by atoms with E-state index < -0.39 is 15.3 Å². The van der Waals surface area contributed by atoms with Gasteiger partial charge in [0.15, 0.2) is 20.9 Å². The first kappa shape index (κ1) is 22.6. The van der Waals surface area contributed by atoms with Gasteiger partial charge in [0.25, 0.3) is 0 Å². The molecule has 0 radical (unpaired) electrons. The van der Waals surface area contributed by atoms with E-state index >= 15 is 0 Å². The Labute approximate surface area is 203 Å². The fourth-order valence-corrected chi connectivity index (χ4v) is 5.75. The summed E-state index contributed by atoms with van der Waals surface area (Å²) in [5.74, 6) is 0.283. The number of anilines is 2. The van der Waals surface area contributed by atoms with Gasteiger partial charge < -0.3 is 5.32 Å². The van der Waals surface area contributed by atoms with E-state index in [2.05, 4.69) is 10.3 Å². The number of sulfone groups is 1. The molecule has 35 heavy (non-hydrogen) atoms. The number of aromatic nitrogens is 2. The zero-order valence-electron chi connectivity index (χ0n) is 19.0. The number of aryl methyl sites for hydroxylation is 1. The van der Waals surface area contributed by atoms with Gasteiger partial charge in [0.1, 0.15) is 5.82 Å². The van der Waals surface area contributed by atoms with E-state index in [1.807, 2.05) is 66.7 Å². The largest absolute Gasteiger partial charge is 0.341 e. The van der Waals surface area contributed by atoms with Crippen molar-refractivity contribution in [2.45, 2.75) is 17.6 Å². The van der Waals surface area contributed by atoms with Crippen LogP contribution in [0.4, 0.5) is 11.5 Å². The Morgan fingerprint density at radius 3 is 2.09 bits per heavy atom. The third-order valence-electron chi connectivity index (χ3n) is 5.65. The molecule has 0 aliphatic carbocycles. The Morgan fingerprint density at radius 1 is 0.829 bits per heavy atom. The first-order valence-corrected chi connectivity index (χ1v) is 12.8. The Kier molecular flexibility index (Phi) is 5.93. The predicted molar refractivity (Wildman–Crippen MR) is 139 cm³/mol. The smallest absolute Gasteiger partial charge is 0.194 e. The van der Waals surface area contributed by atoms with Crippen LogP contribution in [0.5, 0.6) is 0 Å². The number of nitrogens with one attached hydrogen (secondary N) is 1.